The van der Waals surface area contributed by atoms with Crippen LogP contribution in [-0.2, 0) is 18.5 Å². The lowest BCUT2D eigenvalue weighted by atomic mass is 10.1. The van der Waals surface area contributed by atoms with Crippen molar-refractivity contribution in [3.63, 3.8) is 0 Å². The molecular weight excluding hydrogens is 1170 g/mol. The number of benzene rings is 10. The largest absolute Gasteiger partial charge is 0.116 e. The molecule has 0 heterocycles. The van der Waals surface area contributed by atoms with Crippen LogP contribution in [0.1, 0.15) is 16.7 Å². The molecule has 10 aromatic carbocycles. The summed E-state index contributed by atoms with van der Waals surface area (Å²) in [6.07, 6.45) is 1.96. The van der Waals surface area contributed by atoms with Crippen LogP contribution in [0.3, 0.4) is 0 Å². The van der Waals surface area contributed by atoms with E-state index in [1.165, 1.54) is 64.4 Å². The topological polar surface area (TPSA) is 0 Å². The molecule has 0 amide bonds. The highest BCUT2D eigenvalue weighted by atomic mass is 35.5. The lowest BCUT2D eigenvalue weighted by molar-refractivity contribution is 1.25. The van der Waals surface area contributed by atoms with Crippen molar-refractivity contribution in [3.05, 3.63) is 298 Å². The molecule has 0 saturated heterocycles. The van der Waals surface area contributed by atoms with Crippen molar-refractivity contribution in [3.8, 4) is 0 Å². The molecule has 372 valence electrons. The Hall–Kier alpha value is -3.90. The van der Waals surface area contributed by atoms with Gasteiger partial charge in [-0.2, -0.15) is 0 Å². The van der Waals surface area contributed by atoms with Crippen molar-refractivity contribution >= 4 is 174 Å². The molecule has 10 aromatic rings. The summed E-state index contributed by atoms with van der Waals surface area (Å²) in [7, 11) is -7.81. The molecule has 0 aliphatic carbocycles. The van der Waals surface area contributed by atoms with Crippen LogP contribution >= 0.6 is 126 Å². The Bertz CT molecular complexity index is 2830. The van der Waals surface area contributed by atoms with Gasteiger partial charge in [0.25, 0.3) is 0 Å². The van der Waals surface area contributed by atoms with Crippen molar-refractivity contribution in [2.75, 3.05) is 0 Å². The second kappa shape index (κ2) is 23.6. The van der Waals surface area contributed by atoms with Gasteiger partial charge in [-0.25, -0.2) is 0 Å². The molecule has 0 radical (unpaired) electrons. The molecule has 0 atom stereocenters. The fourth-order valence-electron chi connectivity index (χ4n) is 10.4. The average molecular weight is 1210 g/mol. The highest BCUT2D eigenvalue weighted by molar-refractivity contribution is 7.96. The van der Waals surface area contributed by atoms with Gasteiger partial charge >= 0.3 is 0 Å². The molecule has 0 saturated carbocycles. The Morgan fingerprint density at radius 2 is 0.280 bits per heavy atom. The van der Waals surface area contributed by atoms with Crippen LogP contribution < -0.4 is 47.7 Å². The highest BCUT2D eigenvalue weighted by Gasteiger charge is 2.50. The van der Waals surface area contributed by atoms with E-state index < -0.39 is 21.8 Å². The maximum atomic E-state index is 6.71. The van der Waals surface area contributed by atoms with Crippen LogP contribution in [0.2, 0.25) is 45.2 Å². The fourth-order valence-corrected chi connectivity index (χ4v) is 23.9. The van der Waals surface area contributed by atoms with Crippen molar-refractivity contribution in [2.45, 2.75) is 18.5 Å². The predicted octanol–water partition coefficient (Wildman–Crippen LogP) is 18.0. The lowest BCUT2D eigenvalue weighted by Crippen LogP contribution is -2.34. The summed E-state index contributed by atoms with van der Waals surface area (Å²) in [5, 5.41) is 16.4. The van der Waals surface area contributed by atoms with E-state index in [4.69, 9.17) is 104 Å². The quantitative estimate of drug-likeness (QED) is 0.0898. The molecule has 0 fully saturated rings. The molecule has 0 aliphatic heterocycles. The molecule has 10 rings (SSSR count). The second-order valence-electron chi connectivity index (χ2n) is 18.3. The summed E-state index contributed by atoms with van der Waals surface area (Å²) in [5.41, 5.74) is 3.50. The highest BCUT2D eigenvalue weighted by Crippen LogP contribution is 2.63. The first-order chi connectivity index (χ1) is 36.2. The second-order valence-corrected chi connectivity index (χ2v) is 32.7. The molecule has 75 heavy (non-hydrogen) atoms. The van der Waals surface area contributed by atoms with Crippen LogP contribution in [-0.4, -0.2) is 0 Å². The third-order valence-electron chi connectivity index (χ3n) is 13.8. The molecular formula is C63H45Cl9P3+3. The molecule has 0 aliphatic rings. The lowest BCUT2D eigenvalue weighted by Gasteiger charge is -2.31. The van der Waals surface area contributed by atoms with Gasteiger partial charge in [0.2, 0.25) is 0 Å². The van der Waals surface area contributed by atoms with E-state index in [0.29, 0.717) is 63.7 Å². The molecule has 0 spiro atoms. The van der Waals surface area contributed by atoms with Gasteiger partial charge in [0, 0.05) is 45.2 Å². The minimum atomic E-state index is -2.60. The van der Waals surface area contributed by atoms with E-state index in [1.807, 2.05) is 109 Å². The summed E-state index contributed by atoms with van der Waals surface area (Å²) in [5.74, 6) is 0. The van der Waals surface area contributed by atoms with E-state index in [2.05, 4.69) is 127 Å². The SMILES string of the molecule is Clc1ccc([P+](Cc2cc(C[P+](c3ccc(Cl)cc3)(c3ccc(Cl)cc3)c3ccc(Cl)cc3)cc(C[P+](c3ccc(Cl)cc3)(c3ccc(Cl)cc3)c3ccc(Cl)cc3)c2)(c2ccc(Cl)cc2)c2ccc(Cl)cc2)cc1. The average Bonchev–Trinajstić information content (AvgIpc) is 3.42. The number of hydrogen-bond acceptors (Lipinski definition) is 0. The van der Waals surface area contributed by atoms with E-state index in [1.54, 1.807) is 0 Å². The zero-order chi connectivity index (χ0) is 52.3. The summed E-state index contributed by atoms with van der Waals surface area (Å²) in [6.45, 7) is 0. The fraction of sp³-hybridized carbons (Fsp3) is 0.0476. The smallest absolute Gasteiger partial charge is 0.0843 e. The molecule has 0 nitrogen and oxygen atoms in total. The Morgan fingerprint density at radius 1 is 0.173 bits per heavy atom. The van der Waals surface area contributed by atoms with Crippen molar-refractivity contribution in [2.24, 2.45) is 0 Å². The minimum absolute atomic E-state index is 0.654. The summed E-state index contributed by atoms with van der Waals surface area (Å²) in [6, 6.07) is 82.4. The van der Waals surface area contributed by atoms with Crippen LogP contribution in [0, 0.1) is 0 Å². The Kier molecular flexibility index (Phi) is 17.1. The third-order valence-corrected chi connectivity index (χ3v) is 29.2. The maximum Gasteiger partial charge on any atom is 0.116 e. The van der Waals surface area contributed by atoms with E-state index in [0.717, 1.165) is 0 Å². The van der Waals surface area contributed by atoms with E-state index in [9.17, 15) is 0 Å². The van der Waals surface area contributed by atoms with Gasteiger partial charge in [0.05, 0.1) is 18.5 Å². The first kappa shape index (κ1) is 54.5. The van der Waals surface area contributed by atoms with Crippen molar-refractivity contribution in [1.82, 2.24) is 0 Å². The number of rotatable bonds is 15. The molecule has 0 unspecified atom stereocenters. The number of halogens is 9. The Morgan fingerprint density at radius 3 is 0.387 bits per heavy atom. The summed E-state index contributed by atoms with van der Waals surface area (Å²) >= 11 is 60.4. The van der Waals surface area contributed by atoms with Crippen LogP contribution in [0.25, 0.3) is 0 Å². The first-order valence-corrected chi connectivity index (χ1v) is 33.2. The van der Waals surface area contributed by atoms with Crippen molar-refractivity contribution < 1.29 is 0 Å². The van der Waals surface area contributed by atoms with Crippen LogP contribution in [0.15, 0.2) is 237 Å². The van der Waals surface area contributed by atoms with Gasteiger partial charge in [-0.05, 0) is 253 Å². The number of hydrogen-bond donors (Lipinski definition) is 0. The monoisotopic (exact) mass is 1210 g/mol. The molecule has 0 bridgehead atoms. The van der Waals surface area contributed by atoms with Gasteiger partial charge in [-0.3, -0.25) is 0 Å². The third kappa shape index (κ3) is 11.6. The zero-order valence-corrected chi connectivity index (χ0v) is 49.4. The Balaban J connectivity index is 1.29. The minimum Gasteiger partial charge on any atom is -0.0843 e. The van der Waals surface area contributed by atoms with Crippen LogP contribution in [0.4, 0.5) is 0 Å². The molecule has 0 N–H and O–H groups in total. The standard InChI is InChI=1S/C63H45Cl9P3/c64-46-1-19-55(20-2-46)73(56-21-3-47(65)4-22-56,57-23-5-48(66)6-24-57)40-43-37-44(41-74(58-25-7-49(67)8-26-58,59-27-9-50(68)10-28-59)60-29-11-51(69)12-30-60)39-45(38-43)42-75(61-31-13-52(70)14-32-61,62-33-15-53(71)16-34-62)63-35-17-54(72)18-36-63/h1-39H,40-42H2/q+3. The van der Waals surface area contributed by atoms with E-state index >= 15 is 0 Å². The van der Waals surface area contributed by atoms with E-state index in [-0.39, 0.29) is 0 Å². The van der Waals surface area contributed by atoms with Gasteiger partial charge < -0.3 is 0 Å². The van der Waals surface area contributed by atoms with Crippen molar-refractivity contribution in [1.29, 1.82) is 0 Å². The summed E-state index contributed by atoms with van der Waals surface area (Å²) in [4.78, 5) is 0. The van der Waals surface area contributed by atoms with Gasteiger partial charge in [0.15, 0.2) is 0 Å². The molecule has 12 heteroatoms. The first-order valence-electron chi connectivity index (χ1n) is 23.8. The Labute approximate surface area is 486 Å². The predicted molar refractivity (Wildman–Crippen MR) is 338 cm³/mol. The zero-order valence-electron chi connectivity index (χ0n) is 39.9. The van der Waals surface area contributed by atoms with Gasteiger partial charge in [-0.15, -0.1) is 0 Å². The van der Waals surface area contributed by atoms with Crippen LogP contribution in [0.5, 0.6) is 0 Å². The maximum absolute atomic E-state index is 6.71. The van der Waals surface area contributed by atoms with Gasteiger partial charge in [0.1, 0.15) is 69.5 Å². The van der Waals surface area contributed by atoms with Gasteiger partial charge in [-0.1, -0.05) is 104 Å². The molecule has 0 aromatic heterocycles. The normalized spacial score (nSPS) is 12.0. The summed E-state index contributed by atoms with van der Waals surface area (Å²) < 4.78 is 0.